The van der Waals surface area contributed by atoms with E-state index in [2.05, 4.69) is 79.6 Å². The fourth-order valence-corrected chi connectivity index (χ4v) is 20.3. The molecule has 2 fully saturated rings. The largest absolute Gasteiger partial charge is 0.493 e. The quantitative estimate of drug-likeness (QED) is 0.0208. The third-order valence-corrected chi connectivity index (χ3v) is 28.2. The van der Waals surface area contributed by atoms with E-state index >= 15 is 0 Å². The molecule has 1 aromatic heterocycles. The van der Waals surface area contributed by atoms with E-state index in [1.807, 2.05) is 43.3 Å². The zero-order chi connectivity index (χ0) is 83.0. The number of thioether (sulfide) groups is 1. The van der Waals surface area contributed by atoms with Gasteiger partial charge < -0.3 is 35.1 Å². The Labute approximate surface area is 695 Å². The Hall–Kier alpha value is -9.83. The van der Waals surface area contributed by atoms with Gasteiger partial charge in [0.15, 0.2) is 11.5 Å². The van der Waals surface area contributed by atoms with Crippen LogP contribution >= 0.6 is 46.3 Å². The van der Waals surface area contributed by atoms with Crippen molar-refractivity contribution in [1.29, 1.82) is 0 Å². The molecule has 0 saturated carbocycles. The van der Waals surface area contributed by atoms with Crippen LogP contribution in [0.3, 0.4) is 0 Å². The number of methoxy groups -OCH3 is 2. The maximum absolute atomic E-state index is 13.3. The van der Waals surface area contributed by atoms with Gasteiger partial charge in [0.25, 0.3) is 31.9 Å². The number of para-hydroxylation sites is 1. The Balaban J connectivity index is 0.000000184. The van der Waals surface area contributed by atoms with Crippen molar-refractivity contribution in [3.8, 4) is 17.2 Å². The number of amides is 2. The number of aromatic carboxylic acids is 1. The number of unbranched alkanes of at least 4 members (excludes halogenated alkanes) is 1. The van der Waals surface area contributed by atoms with Gasteiger partial charge in [-0.1, -0.05) is 132 Å². The van der Waals surface area contributed by atoms with Gasteiger partial charge in [-0.3, -0.25) is 28.7 Å². The normalized spacial score (nSPS) is 13.4. The third kappa shape index (κ3) is 25.3. The number of carboxylic acids is 2. The van der Waals surface area contributed by atoms with Crippen LogP contribution in [0.5, 0.6) is 17.2 Å². The van der Waals surface area contributed by atoms with Gasteiger partial charge >= 0.3 is 11.9 Å². The molecule has 2 saturated heterocycles. The number of sulfonamides is 4. The lowest BCUT2D eigenvalue weighted by atomic mass is 10.0. The van der Waals surface area contributed by atoms with Crippen molar-refractivity contribution in [2.45, 2.75) is 96.8 Å². The van der Waals surface area contributed by atoms with Crippen molar-refractivity contribution in [3.05, 3.63) is 278 Å². The SMILES string of the molecule is COc1cc(NS(=O)(=O)c2ccc(C)cc2)c(C(=O)Nc2ccc(S(=O)(=O)N3CCSCC3)cc2)cc1OC.O=C(Nc1ccc(S(=O)(=O)N2CCCCC2)cc1)c1cc(Cl)ccc1NS(=O)(=O)c1ccc(Cl)s1.O=C(O)CCCCN(CCc1ccccc1OCc1ccc(CCc2ccccc2)cc1)Cc1ccc(C(=O)O)cc1. The highest BCUT2D eigenvalue weighted by atomic mass is 35.5. The molecule has 2 aliphatic heterocycles. The summed E-state index contributed by atoms with van der Waals surface area (Å²) in [7, 11) is -12.4. The minimum Gasteiger partial charge on any atom is -0.493 e. The van der Waals surface area contributed by atoms with Crippen LogP contribution in [0.4, 0.5) is 22.7 Å². The van der Waals surface area contributed by atoms with Crippen molar-refractivity contribution >= 4 is 133 Å². The number of thiophene rings is 1. The highest BCUT2D eigenvalue weighted by molar-refractivity contribution is 7.99. The zero-order valence-corrected chi connectivity index (χ0v) is 70.2. The van der Waals surface area contributed by atoms with E-state index in [1.54, 1.807) is 36.0 Å². The van der Waals surface area contributed by atoms with Crippen LogP contribution in [-0.2, 0) is 77.3 Å². The summed E-state index contributed by atoms with van der Waals surface area (Å²) in [6.45, 7) is 6.40. The van der Waals surface area contributed by atoms with Crippen molar-refractivity contribution in [2.75, 3.05) is 85.1 Å². The second kappa shape index (κ2) is 41.8. The maximum Gasteiger partial charge on any atom is 0.335 e. The number of piperidine rings is 1. The molecule has 6 N–H and O–H groups in total. The molecule has 0 atom stereocenters. The average molecular weight is 1730 g/mol. The number of aryl methyl sites for hydroxylation is 3. The molecule has 116 heavy (non-hydrogen) atoms. The van der Waals surface area contributed by atoms with E-state index in [0.717, 1.165) is 109 Å². The fraction of sp³-hybridized carbons (Fsp3) is 0.262. The van der Waals surface area contributed by atoms with Gasteiger partial charge in [0.2, 0.25) is 20.0 Å². The Morgan fingerprint density at radius 2 is 1.03 bits per heavy atom. The van der Waals surface area contributed by atoms with Crippen LogP contribution in [-0.4, -0.2) is 146 Å². The first-order chi connectivity index (χ1) is 55.6. The molecule has 2 aliphatic rings. The van der Waals surface area contributed by atoms with Gasteiger partial charge in [0.05, 0.1) is 61.3 Å². The van der Waals surface area contributed by atoms with Crippen LogP contribution < -0.4 is 34.3 Å². The van der Waals surface area contributed by atoms with E-state index in [-0.39, 0.29) is 69.9 Å². The van der Waals surface area contributed by atoms with Crippen LogP contribution in [0.2, 0.25) is 9.36 Å². The van der Waals surface area contributed by atoms with E-state index in [4.69, 9.17) is 42.5 Å². The molecule has 3 heterocycles. The number of hydrogen-bond donors (Lipinski definition) is 6. The van der Waals surface area contributed by atoms with Crippen molar-refractivity contribution in [2.24, 2.45) is 0 Å². The van der Waals surface area contributed by atoms with Gasteiger partial charge in [0.1, 0.15) is 16.6 Å². The second-order valence-electron chi connectivity index (χ2n) is 27.0. The van der Waals surface area contributed by atoms with Gasteiger partial charge in [-0.05, 0) is 201 Å². The molecule has 612 valence electrons. The molecule has 0 bridgehead atoms. The first kappa shape index (κ1) is 88.5. The number of ether oxygens (including phenoxy) is 3. The topological polar surface area (TPSA) is 331 Å². The molecule has 0 radical (unpaired) electrons. The molecule has 9 aromatic carbocycles. The Kier molecular flexibility index (Phi) is 31.9. The molecule has 32 heteroatoms. The predicted molar refractivity (Wildman–Crippen MR) is 456 cm³/mol. The third-order valence-electron chi connectivity index (χ3n) is 18.8. The number of rotatable bonds is 33. The summed E-state index contributed by atoms with van der Waals surface area (Å²) < 4.78 is 128. The van der Waals surface area contributed by atoms with Crippen LogP contribution in [0.1, 0.15) is 103 Å². The van der Waals surface area contributed by atoms with Gasteiger partial charge in [-0.25, -0.2) is 38.5 Å². The summed E-state index contributed by atoms with van der Waals surface area (Å²) >= 11 is 14.5. The lowest BCUT2D eigenvalue weighted by Crippen LogP contribution is -2.37. The van der Waals surface area contributed by atoms with E-state index in [1.165, 1.54) is 137 Å². The molecule has 24 nitrogen and oxygen atoms in total. The van der Waals surface area contributed by atoms with E-state index < -0.39 is 63.8 Å². The number of carbonyl (C=O) groups excluding carboxylic acids is 2. The lowest BCUT2D eigenvalue weighted by molar-refractivity contribution is -0.137. The standard InChI is InChI=1S/C36H39NO5.C26H29N3O7S3.C22H21Cl2N3O5S3/c38-35(39)12-6-7-24-37(26-30-19-21-33(22-20-30)36(40)41)25-23-32-10-4-5-11-34(32)42-27-31-17-15-29(16-18-31)14-13-28-8-2-1-3-9-28;1-18-4-8-20(9-5-18)38(31,32)28-23-17-25(36-3)24(35-2)16-22(23)26(30)27-19-6-10-21(11-7-19)39(33,34)29-12-14-37-15-13-29;23-15-4-9-19(26-34(29,30)21-11-10-20(24)33-21)18(14-15)22(28)25-16-5-7-17(8-6-16)35(31,32)27-12-2-1-3-13-27/h1-5,8-11,15-22H,6-7,12-14,23-27H2,(H,38,39)(H,40,41);4-11,16-17,28H,12-15H2,1-3H3,(H,27,30);4-11,14,26H,1-3,12-13H2,(H,25,28). The molecule has 0 spiro atoms. The maximum atomic E-state index is 13.3. The number of hydrogen-bond acceptors (Lipinski definition) is 18. The van der Waals surface area contributed by atoms with Gasteiger partial charge in [0, 0.05) is 79.7 Å². The average Bonchev–Trinajstić information content (AvgIpc) is 0.898. The molecule has 0 unspecified atom stereocenters. The van der Waals surface area contributed by atoms with Crippen LogP contribution in [0, 0.1) is 6.92 Å². The summed E-state index contributed by atoms with van der Waals surface area (Å²) in [4.78, 5) is 51.1. The Morgan fingerprint density at radius 1 is 0.500 bits per heavy atom. The van der Waals surface area contributed by atoms with Crippen LogP contribution in [0.15, 0.2) is 237 Å². The minimum absolute atomic E-state index is 0.00527. The molecular formula is C84H89Cl2N7O17S6. The lowest BCUT2D eigenvalue weighted by Gasteiger charge is -2.25. The van der Waals surface area contributed by atoms with Gasteiger partial charge in [-0.2, -0.15) is 20.4 Å². The summed E-state index contributed by atoms with van der Waals surface area (Å²) in [5.41, 5.74) is 7.73. The molecule has 12 rings (SSSR count). The number of halogens is 2. The number of anilines is 4. The number of aliphatic carboxylic acids is 1. The zero-order valence-electron chi connectivity index (χ0n) is 63.8. The highest BCUT2D eigenvalue weighted by Crippen LogP contribution is 2.37. The second-order valence-corrected chi connectivity index (χ2v) is 37.9. The van der Waals surface area contributed by atoms with E-state index in [9.17, 15) is 58.0 Å². The van der Waals surface area contributed by atoms with E-state index in [0.29, 0.717) is 61.5 Å². The Morgan fingerprint density at radius 3 is 1.61 bits per heavy atom. The molecular weight excluding hydrogens is 1640 g/mol. The summed E-state index contributed by atoms with van der Waals surface area (Å²) in [6.07, 6.45) is 7.04. The number of carboxylic acid groups (broad SMARTS) is 2. The molecule has 2 amide bonds. The van der Waals surface area contributed by atoms with Crippen molar-refractivity contribution in [1.82, 2.24) is 13.5 Å². The highest BCUT2D eigenvalue weighted by Gasteiger charge is 2.30. The smallest absolute Gasteiger partial charge is 0.335 e. The molecule has 0 aliphatic carbocycles. The summed E-state index contributed by atoms with van der Waals surface area (Å²) in [5, 5.41) is 23.8. The fourth-order valence-electron chi connectivity index (χ4n) is 12.4. The monoisotopic (exact) mass is 1730 g/mol. The first-order valence-electron chi connectivity index (χ1n) is 37.0. The predicted octanol–water partition coefficient (Wildman–Crippen LogP) is 16.1. The minimum atomic E-state index is -4.04. The Bertz CT molecular complexity index is 5490. The van der Waals surface area contributed by atoms with Crippen molar-refractivity contribution in [3.63, 3.8) is 0 Å². The van der Waals surface area contributed by atoms with Gasteiger partial charge in [-0.15, -0.1) is 11.3 Å². The number of nitrogens with one attached hydrogen (secondary N) is 4. The number of nitrogens with zero attached hydrogens (tertiary/aromatic N) is 3. The first-order valence-corrected chi connectivity index (χ1v) is 45.6. The number of benzene rings is 9. The summed E-state index contributed by atoms with van der Waals surface area (Å²) in [6, 6.07) is 61.9. The van der Waals surface area contributed by atoms with Crippen molar-refractivity contribution < 1.29 is 77.3 Å². The number of carbonyl (C=O) groups is 4. The summed E-state index contributed by atoms with van der Waals surface area (Å²) in [5.74, 6) is -0.182. The van der Waals surface area contributed by atoms with Crippen LogP contribution in [0.25, 0.3) is 0 Å². The molecule has 10 aromatic rings.